The van der Waals surface area contributed by atoms with Crippen molar-refractivity contribution in [3.05, 3.63) is 0 Å². The number of nitrogens with zero attached hydrogens (tertiary/aromatic N) is 1. The average Bonchev–Trinajstić information content (AvgIpc) is 2.60. The number of rotatable bonds is 16. The molecule has 168 valence electrons. The number of unbranched alkanes of at least 4 members (excludes halogenated alkanes) is 4. The summed E-state index contributed by atoms with van der Waals surface area (Å²) < 4.78 is 6.43. The van der Waals surface area contributed by atoms with E-state index in [1.807, 2.05) is 0 Å². The topological polar surface area (TPSA) is 9.23 Å². The minimum absolute atomic E-state index is 0. The Morgan fingerprint density at radius 2 is 1.04 bits per heavy atom. The summed E-state index contributed by atoms with van der Waals surface area (Å²) in [7, 11) is -0.878. The highest BCUT2D eigenvalue weighted by Gasteiger charge is 2.24. The molecular formula is C22H51BrClNOSi. The predicted octanol–water partition coefficient (Wildman–Crippen LogP) is 4.55. The molecule has 2 nitrogen and oxygen atoms in total. The van der Waals surface area contributed by atoms with Crippen molar-refractivity contribution in [2.75, 3.05) is 38.9 Å². The average molecular weight is 489 g/mol. The monoisotopic (exact) mass is 487 g/mol. The van der Waals surface area contributed by atoms with Gasteiger partial charge in [0.25, 0.3) is 0 Å². The number of hydrogen-bond donors (Lipinski definition) is 0. The summed E-state index contributed by atoms with van der Waals surface area (Å²) in [4.78, 5) is 0. The molecule has 0 aliphatic rings. The van der Waals surface area contributed by atoms with Gasteiger partial charge in [0.15, 0.2) is 0 Å². The van der Waals surface area contributed by atoms with Gasteiger partial charge in [-0.25, -0.2) is 0 Å². The van der Waals surface area contributed by atoms with E-state index >= 15 is 0 Å². The zero-order valence-corrected chi connectivity index (χ0v) is 23.1. The molecule has 0 saturated heterocycles. The Morgan fingerprint density at radius 3 is 1.26 bits per heavy atom. The maximum absolute atomic E-state index is 5.32. The molecular weight excluding hydrogens is 438 g/mol. The smallest absolute Gasteiger partial charge is 0.120 e. The Kier molecular flexibility index (Phi) is 26.1. The van der Waals surface area contributed by atoms with E-state index < -0.39 is 8.07 Å². The predicted molar refractivity (Wildman–Crippen MR) is 124 cm³/mol. The Labute approximate surface area is 189 Å². The van der Waals surface area contributed by atoms with Crippen molar-refractivity contribution in [3.8, 4) is 0 Å². The molecule has 0 amide bonds. The first-order chi connectivity index (χ1) is 12.3. The third kappa shape index (κ3) is 23.1. The second kappa shape index (κ2) is 21.6. The summed E-state index contributed by atoms with van der Waals surface area (Å²) in [6, 6.07) is 1.55. The summed E-state index contributed by atoms with van der Waals surface area (Å²) in [5.41, 5.74) is 0. The number of hydrogen-bond acceptors (Lipinski definition) is 1. The van der Waals surface area contributed by atoms with Crippen molar-refractivity contribution in [1.82, 2.24) is 0 Å². The summed E-state index contributed by atoms with van der Waals surface area (Å²) in [6.45, 7) is 22.8. The molecule has 0 fully saturated rings. The van der Waals surface area contributed by atoms with Gasteiger partial charge in [-0.2, -0.15) is 0 Å². The molecule has 0 N–H and O–H groups in total. The molecule has 27 heavy (non-hydrogen) atoms. The minimum Gasteiger partial charge on any atom is -1.00 e. The first kappa shape index (κ1) is 32.6. The Bertz CT molecular complexity index is 250. The van der Waals surface area contributed by atoms with Crippen LogP contribution in [0.15, 0.2) is 0 Å². The van der Waals surface area contributed by atoms with Crippen LogP contribution in [0.2, 0.25) is 25.7 Å². The number of alkyl halides is 1. The van der Waals surface area contributed by atoms with Crippen molar-refractivity contribution in [3.63, 3.8) is 0 Å². The van der Waals surface area contributed by atoms with Crippen molar-refractivity contribution in [2.24, 2.45) is 0 Å². The van der Waals surface area contributed by atoms with E-state index in [-0.39, 0.29) is 17.0 Å². The summed E-state index contributed by atoms with van der Waals surface area (Å²) >= 11 is 5.32. The second-order valence-electron chi connectivity index (χ2n) is 8.98. The fourth-order valence-electron chi connectivity index (χ4n) is 3.08. The SMILES string of the molecule is CCCC[N+](CCCC)(CCCC)CCCC.C[Si](C)(C)CCOCCl.[Br-]. The molecule has 0 aromatic heterocycles. The highest BCUT2D eigenvalue weighted by atomic mass is 79.9. The third-order valence-corrected chi connectivity index (χ3v) is 6.88. The van der Waals surface area contributed by atoms with E-state index in [0.717, 1.165) is 6.61 Å². The van der Waals surface area contributed by atoms with Crippen LogP contribution in [0.3, 0.4) is 0 Å². The van der Waals surface area contributed by atoms with Crippen LogP contribution in [0.1, 0.15) is 79.1 Å². The molecule has 0 spiro atoms. The van der Waals surface area contributed by atoms with Crippen molar-refractivity contribution in [2.45, 2.75) is 105 Å². The van der Waals surface area contributed by atoms with Gasteiger partial charge in [-0.3, -0.25) is 0 Å². The van der Waals surface area contributed by atoms with Crippen LogP contribution in [0.5, 0.6) is 0 Å². The number of quaternary nitrogens is 1. The van der Waals surface area contributed by atoms with E-state index in [1.54, 1.807) is 0 Å². The molecule has 0 aromatic rings. The van der Waals surface area contributed by atoms with E-state index in [0.29, 0.717) is 6.07 Å². The lowest BCUT2D eigenvalue weighted by atomic mass is 10.1. The Balaban J connectivity index is -0.000000491. The van der Waals surface area contributed by atoms with Crippen LogP contribution in [0.25, 0.3) is 0 Å². The summed E-state index contributed by atoms with van der Waals surface area (Å²) in [5.74, 6) is 0. The molecule has 0 aromatic carbocycles. The van der Waals surface area contributed by atoms with Crippen LogP contribution in [0, 0.1) is 0 Å². The first-order valence-corrected chi connectivity index (χ1v) is 15.5. The zero-order chi connectivity index (χ0) is 20.3. The molecule has 0 bridgehead atoms. The minimum atomic E-state index is -0.878. The van der Waals surface area contributed by atoms with Crippen LogP contribution in [0.4, 0.5) is 0 Å². The van der Waals surface area contributed by atoms with E-state index in [2.05, 4.69) is 47.3 Å². The number of halogens is 2. The van der Waals surface area contributed by atoms with Gasteiger partial charge in [0.1, 0.15) is 6.07 Å². The Hall–Kier alpha value is 0.907. The highest BCUT2D eigenvalue weighted by molar-refractivity contribution is 6.76. The van der Waals surface area contributed by atoms with Crippen molar-refractivity contribution >= 4 is 19.7 Å². The van der Waals surface area contributed by atoms with Crippen molar-refractivity contribution < 1.29 is 26.2 Å². The molecule has 0 aliphatic carbocycles. The van der Waals surface area contributed by atoms with E-state index in [9.17, 15) is 0 Å². The summed E-state index contributed by atoms with van der Waals surface area (Å²) in [5, 5.41) is 0. The molecule has 0 heterocycles. The van der Waals surface area contributed by atoms with Gasteiger partial charge < -0.3 is 26.2 Å². The molecule has 0 rings (SSSR count). The molecule has 0 unspecified atom stereocenters. The van der Waals surface area contributed by atoms with Crippen LogP contribution in [-0.4, -0.2) is 51.4 Å². The van der Waals surface area contributed by atoms with E-state index in [4.69, 9.17) is 16.3 Å². The van der Waals surface area contributed by atoms with Gasteiger partial charge in [-0.15, -0.1) is 0 Å². The molecule has 0 aliphatic heterocycles. The first-order valence-electron chi connectivity index (χ1n) is 11.3. The van der Waals surface area contributed by atoms with Gasteiger partial charge in [-0.05, 0) is 31.7 Å². The van der Waals surface area contributed by atoms with Gasteiger partial charge in [0.05, 0.1) is 26.2 Å². The lowest BCUT2D eigenvalue weighted by Crippen LogP contribution is -3.00. The maximum atomic E-state index is 5.32. The van der Waals surface area contributed by atoms with Gasteiger partial charge >= 0.3 is 0 Å². The fourth-order valence-corrected chi connectivity index (χ4v) is 3.94. The molecule has 0 saturated carbocycles. The normalized spacial score (nSPS) is 11.6. The lowest BCUT2D eigenvalue weighted by molar-refractivity contribution is -0.929. The number of ether oxygens (including phenoxy) is 1. The van der Waals surface area contributed by atoms with Gasteiger partial charge in [0, 0.05) is 14.7 Å². The lowest BCUT2D eigenvalue weighted by Gasteiger charge is -2.39. The second-order valence-corrected chi connectivity index (χ2v) is 14.8. The largest absolute Gasteiger partial charge is 1.00 e. The van der Waals surface area contributed by atoms with E-state index in [1.165, 1.54) is 88.1 Å². The quantitative estimate of drug-likeness (QED) is 0.134. The highest BCUT2D eigenvalue weighted by Crippen LogP contribution is 2.16. The Morgan fingerprint density at radius 1 is 0.704 bits per heavy atom. The van der Waals surface area contributed by atoms with Crippen molar-refractivity contribution in [1.29, 1.82) is 0 Å². The van der Waals surface area contributed by atoms with Gasteiger partial charge in [-0.1, -0.05) is 84.6 Å². The van der Waals surface area contributed by atoms with Crippen LogP contribution in [-0.2, 0) is 4.74 Å². The van der Waals surface area contributed by atoms with Crippen LogP contribution >= 0.6 is 11.6 Å². The third-order valence-electron chi connectivity index (χ3n) is 5.02. The maximum Gasteiger partial charge on any atom is 0.120 e. The standard InChI is InChI=1S/C16H36N.C6H15ClOSi.BrH/c1-5-9-13-17(14-10-6-2,15-11-7-3)16-12-8-4;1-9(2,3)5-4-8-6-7;/h5-16H2,1-4H3;4-6H2,1-3H3;1H/q+1;;/p-1. The fraction of sp³-hybridized carbons (Fsp3) is 1.00. The van der Waals surface area contributed by atoms with Crippen LogP contribution < -0.4 is 17.0 Å². The molecule has 0 radical (unpaired) electrons. The molecule has 5 heteroatoms. The zero-order valence-electron chi connectivity index (χ0n) is 19.7. The summed E-state index contributed by atoms with van der Waals surface area (Å²) in [6.07, 6.45) is 11.1. The molecule has 0 atom stereocenters. The van der Waals surface area contributed by atoms with Gasteiger partial charge in [0.2, 0.25) is 0 Å².